The van der Waals surface area contributed by atoms with E-state index in [4.69, 9.17) is 0 Å². The van der Waals surface area contributed by atoms with Crippen molar-refractivity contribution in [3.8, 4) is 0 Å². The molecule has 0 bridgehead atoms. The van der Waals surface area contributed by atoms with Crippen molar-refractivity contribution < 1.29 is 8.42 Å². The lowest BCUT2D eigenvalue weighted by molar-refractivity contribution is 0.580. The van der Waals surface area contributed by atoms with Crippen molar-refractivity contribution >= 4 is 9.84 Å². The molecule has 0 unspecified atom stereocenters. The van der Waals surface area contributed by atoms with Gasteiger partial charge in [0.15, 0.2) is 0 Å². The van der Waals surface area contributed by atoms with E-state index in [9.17, 15) is 8.42 Å². The molecule has 0 N–H and O–H groups in total. The van der Waals surface area contributed by atoms with Crippen LogP contribution in [0.1, 0.15) is 39.5 Å². The first kappa shape index (κ1) is 9.04. The van der Waals surface area contributed by atoms with Gasteiger partial charge in [0.05, 0.1) is 0 Å². The van der Waals surface area contributed by atoms with Gasteiger partial charge in [0.25, 0.3) is 0 Å². The fourth-order valence-electron chi connectivity index (χ4n) is 1.53. The van der Waals surface area contributed by atoms with Crippen LogP contribution in [-0.4, -0.2) is 13.7 Å². The Morgan fingerprint density at radius 2 is 1.64 bits per heavy atom. The van der Waals surface area contributed by atoms with Crippen LogP contribution in [0.5, 0.6) is 0 Å². The fourth-order valence-corrected chi connectivity index (χ4v) is 3.15. The van der Waals surface area contributed by atoms with Crippen LogP contribution in [0.3, 0.4) is 0 Å². The fraction of sp³-hybridized carbons (Fsp3) is 0.875. The molecule has 66 valence electrons. The van der Waals surface area contributed by atoms with Crippen molar-refractivity contribution in [1.29, 1.82) is 0 Å². The molecule has 0 aromatic heterocycles. The zero-order valence-corrected chi connectivity index (χ0v) is 7.95. The second-order valence-electron chi connectivity index (χ2n) is 3.36. The molecule has 0 heterocycles. The molecule has 1 aliphatic rings. The zero-order chi connectivity index (χ0) is 8.48. The van der Waals surface area contributed by atoms with E-state index in [1.54, 1.807) is 13.8 Å². The summed E-state index contributed by atoms with van der Waals surface area (Å²) in [4.78, 5) is 0. The van der Waals surface area contributed by atoms with Gasteiger partial charge in [-0.3, -0.25) is 8.42 Å². The summed E-state index contributed by atoms with van der Waals surface area (Å²) in [5.74, 6) is 0. The van der Waals surface area contributed by atoms with Crippen LogP contribution in [0.25, 0.3) is 0 Å². The van der Waals surface area contributed by atoms with Crippen molar-refractivity contribution in [3.05, 3.63) is 5.25 Å². The molecule has 0 radical (unpaired) electrons. The minimum Gasteiger partial charge on any atom is -0.262 e. The summed E-state index contributed by atoms with van der Waals surface area (Å²) >= 11 is 0. The Labute approximate surface area is 68.9 Å². The van der Waals surface area contributed by atoms with E-state index in [0.717, 1.165) is 25.7 Å². The zero-order valence-electron chi connectivity index (χ0n) is 7.13. The molecule has 0 spiro atoms. The highest BCUT2D eigenvalue weighted by Gasteiger charge is 2.23. The Morgan fingerprint density at radius 1 is 1.18 bits per heavy atom. The molecule has 11 heavy (non-hydrogen) atoms. The highest BCUT2D eigenvalue weighted by molar-refractivity contribution is 7.94. The van der Waals surface area contributed by atoms with E-state index < -0.39 is 9.84 Å². The van der Waals surface area contributed by atoms with Gasteiger partial charge in [-0.15, -0.1) is 0 Å². The van der Waals surface area contributed by atoms with Crippen molar-refractivity contribution in [2.24, 2.45) is 0 Å². The molecule has 1 fully saturated rings. The van der Waals surface area contributed by atoms with E-state index in [-0.39, 0.29) is 5.25 Å². The average Bonchev–Trinajstić information content (AvgIpc) is 2.37. The number of rotatable bonds is 2. The number of sulfone groups is 1. The van der Waals surface area contributed by atoms with Crippen LogP contribution >= 0.6 is 0 Å². The first-order valence-electron chi connectivity index (χ1n) is 4.09. The minimum atomic E-state index is -2.86. The van der Waals surface area contributed by atoms with Crippen molar-refractivity contribution in [2.45, 2.75) is 44.8 Å². The summed E-state index contributed by atoms with van der Waals surface area (Å²) in [6, 6.07) is 0. The van der Waals surface area contributed by atoms with Gasteiger partial charge >= 0.3 is 0 Å². The second-order valence-corrected chi connectivity index (χ2v) is 5.93. The van der Waals surface area contributed by atoms with Gasteiger partial charge in [-0.05, 0) is 12.8 Å². The van der Waals surface area contributed by atoms with Crippen molar-refractivity contribution in [2.75, 3.05) is 0 Å². The van der Waals surface area contributed by atoms with Crippen LogP contribution in [0.4, 0.5) is 0 Å². The van der Waals surface area contributed by atoms with Gasteiger partial charge in [-0.25, -0.2) is 0 Å². The molecule has 0 atom stereocenters. The summed E-state index contributed by atoms with van der Waals surface area (Å²) in [7, 11) is -2.86. The smallest absolute Gasteiger partial charge is 0.0328 e. The molecule has 0 aromatic carbocycles. The van der Waals surface area contributed by atoms with Gasteiger partial charge < -0.3 is 0 Å². The van der Waals surface area contributed by atoms with Crippen LogP contribution in [0.2, 0.25) is 0 Å². The molecule has 1 saturated carbocycles. The summed E-state index contributed by atoms with van der Waals surface area (Å²) in [6.45, 7) is 3.38. The van der Waals surface area contributed by atoms with Gasteiger partial charge in [-0.2, -0.15) is 19.1 Å². The van der Waals surface area contributed by atoms with Gasteiger partial charge in [0.1, 0.15) is 0 Å². The lowest BCUT2D eigenvalue weighted by atomic mass is 10.4. The third kappa shape index (κ3) is 1.75. The maximum atomic E-state index is 11.5. The molecule has 0 aromatic rings. The van der Waals surface area contributed by atoms with Crippen LogP contribution < -0.4 is 0 Å². The van der Waals surface area contributed by atoms with Crippen LogP contribution in [0.15, 0.2) is 0 Å². The quantitative estimate of drug-likeness (QED) is 0.601. The SMILES string of the molecule is C[C-](C)S(=O)(=O)C1CCCC1. The molecule has 3 heteroatoms. The van der Waals surface area contributed by atoms with E-state index in [1.807, 2.05) is 0 Å². The monoisotopic (exact) mass is 175 g/mol. The summed E-state index contributed by atoms with van der Waals surface area (Å²) in [5, 5.41) is 0.511. The Morgan fingerprint density at radius 3 is 2.00 bits per heavy atom. The Bertz CT molecular complexity index is 210. The van der Waals surface area contributed by atoms with Crippen molar-refractivity contribution in [1.82, 2.24) is 0 Å². The molecular weight excluding hydrogens is 160 g/mol. The molecule has 1 rings (SSSR count). The number of hydrogen-bond acceptors (Lipinski definition) is 2. The lowest BCUT2D eigenvalue weighted by Gasteiger charge is -2.24. The highest BCUT2D eigenvalue weighted by atomic mass is 32.2. The molecule has 0 saturated heterocycles. The normalized spacial score (nSPS) is 21.4. The molecule has 2 nitrogen and oxygen atoms in total. The summed E-state index contributed by atoms with van der Waals surface area (Å²) < 4.78 is 23.0. The molecular formula is C8H15O2S-. The first-order valence-corrected chi connectivity index (χ1v) is 5.64. The maximum Gasteiger partial charge on any atom is 0.0328 e. The third-order valence-electron chi connectivity index (χ3n) is 2.31. The van der Waals surface area contributed by atoms with E-state index >= 15 is 0 Å². The van der Waals surface area contributed by atoms with Gasteiger partial charge in [0, 0.05) is 15.1 Å². The van der Waals surface area contributed by atoms with Crippen molar-refractivity contribution in [3.63, 3.8) is 0 Å². The first-order chi connectivity index (χ1) is 5.05. The predicted molar refractivity (Wildman–Crippen MR) is 45.8 cm³/mol. The lowest BCUT2D eigenvalue weighted by Crippen LogP contribution is -2.21. The second kappa shape index (κ2) is 3.13. The minimum absolute atomic E-state index is 0.0625. The van der Waals surface area contributed by atoms with Gasteiger partial charge in [0.2, 0.25) is 0 Å². The third-order valence-corrected chi connectivity index (χ3v) is 4.80. The summed E-state index contributed by atoms with van der Waals surface area (Å²) in [5.41, 5.74) is 0. The van der Waals surface area contributed by atoms with E-state index in [1.165, 1.54) is 0 Å². The van der Waals surface area contributed by atoms with Gasteiger partial charge in [-0.1, -0.05) is 12.8 Å². The Kier molecular flexibility index (Phi) is 2.58. The molecule has 1 aliphatic carbocycles. The number of hydrogen-bond donors (Lipinski definition) is 0. The maximum absolute atomic E-state index is 11.5. The van der Waals surface area contributed by atoms with E-state index in [2.05, 4.69) is 0 Å². The topological polar surface area (TPSA) is 34.1 Å². The Hall–Kier alpha value is -0.0500. The van der Waals surface area contributed by atoms with Crippen LogP contribution in [0, 0.1) is 5.25 Å². The van der Waals surface area contributed by atoms with E-state index in [0.29, 0.717) is 5.25 Å². The predicted octanol–water partition coefficient (Wildman–Crippen LogP) is 1.92. The Balaban J connectivity index is 2.72. The highest BCUT2D eigenvalue weighted by Crippen LogP contribution is 2.29. The molecule has 0 aliphatic heterocycles. The largest absolute Gasteiger partial charge is 0.262 e. The standard InChI is InChI=1S/C8H15O2S/c1-7(2)11(9,10)8-5-3-4-6-8/h8H,3-6H2,1-2H3/q-1. The molecule has 0 amide bonds. The average molecular weight is 175 g/mol. The summed E-state index contributed by atoms with van der Waals surface area (Å²) in [6.07, 6.45) is 3.90. The van der Waals surface area contributed by atoms with Crippen LogP contribution in [-0.2, 0) is 9.84 Å².